The number of aryl methyl sites for hydroxylation is 1. The molecule has 1 aromatic heterocycles. The summed E-state index contributed by atoms with van der Waals surface area (Å²) in [5.41, 5.74) is -3.08. The molecule has 2 aromatic rings. The van der Waals surface area contributed by atoms with Crippen molar-refractivity contribution in [2.75, 3.05) is 18.1 Å². The van der Waals surface area contributed by atoms with Crippen LogP contribution in [0.3, 0.4) is 0 Å². The van der Waals surface area contributed by atoms with Crippen LogP contribution in [0.5, 0.6) is 0 Å². The van der Waals surface area contributed by atoms with Crippen molar-refractivity contribution in [2.24, 2.45) is 0 Å². The first-order chi connectivity index (χ1) is 12.3. The van der Waals surface area contributed by atoms with E-state index in [2.05, 4.69) is 0 Å². The van der Waals surface area contributed by atoms with Gasteiger partial charge in [-0.25, -0.2) is 4.39 Å². The lowest BCUT2D eigenvalue weighted by atomic mass is 9.91. The van der Waals surface area contributed by atoms with Gasteiger partial charge in [0.05, 0.1) is 4.88 Å². The molecule has 2 heterocycles. The molecule has 0 fully saturated rings. The summed E-state index contributed by atoms with van der Waals surface area (Å²) >= 11 is 1.29. The highest BCUT2D eigenvalue weighted by atomic mass is 32.1. The van der Waals surface area contributed by atoms with E-state index in [9.17, 15) is 27.5 Å². The summed E-state index contributed by atoms with van der Waals surface area (Å²) in [4.78, 5) is 14.8. The number of fused-ring (bicyclic) bond motifs is 1. The zero-order chi connectivity index (χ0) is 18.9. The van der Waals surface area contributed by atoms with E-state index >= 15 is 0 Å². The first-order valence-electron chi connectivity index (χ1n) is 8.12. The zero-order valence-electron chi connectivity index (χ0n) is 13.7. The van der Waals surface area contributed by atoms with E-state index < -0.39 is 24.0 Å². The van der Waals surface area contributed by atoms with Crippen molar-refractivity contribution < 1.29 is 27.5 Å². The topological polar surface area (TPSA) is 40.5 Å². The largest absolute Gasteiger partial charge is 0.424 e. The summed E-state index contributed by atoms with van der Waals surface area (Å²) in [5, 5.41) is 11.6. The fourth-order valence-electron chi connectivity index (χ4n) is 3.07. The number of alkyl halides is 4. The minimum atomic E-state index is -5.13. The number of nitrogens with zero attached hydrogens (tertiary/aromatic N) is 1. The Labute approximate surface area is 151 Å². The van der Waals surface area contributed by atoms with Gasteiger partial charge in [-0.2, -0.15) is 13.2 Å². The van der Waals surface area contributed by atoms with E-state index in [-0.39, 0.29) is 5.91 Å². The maximum Gasteiger partial charge on any atom is 0.424 e. The molecule has 3 rings (SSSR count). The summed E-state index contributed by atoms with van der Waals surface area (Å²) in [6, 6.07) is 7.03. The van der Waals surface area contributed by atoms with Crippen LogP contribution in [-0.4, -0.2) is 30.4 Å². The zero-order valence-corrected chi connectivity index (χ0v) is 14.5. The Balaban J connectivity index is 2.03. The molecule has 0 radical (unpaired) electrons. The van der Waals surface area contributed by atoms with E-state index in [0.29, 0.717) is 41.9 Å². The van der Waals surface area contributed by atoms with Crippen molar-refractivity contribution in [3.8, 4) is 0 Å². The maximum atomic E-state index is 13.1. The number of carbonyl (C=O) groups is 1. The van der Waals surface area contributed by atoms with Crippen LogP contribution < -0.4 is 4.90 Å². The monoisotopic (exact) mass is 387 g/mol. The van der Waals surface area contributed by atoms with E-state index in [4.69, 9.17) is 0 Å². The molecule has 1 N–H and O–H groups in total. The Hall–Kier alpha value is -1.93. The lowest BCUT2D eigenvalue weighted by molar-refractivity contribution is -0.271. The molecule has 1 amide bonds. The average Bonchev–Trinajstić information content (AvgIpc) is 3.06. The maximum absolute atomic E-state index is 13.1. The van der Waals surface area contributed by atoms with Gasteiger partial charge >= 0.3 is 6.18 Å². The Morgan fingerprint density at radius 1 is 1.23 bits per heavy atom. The van der Waals surface area contributed by atoms with Gasteiger partial charge in [-0.1, -0.05) is 18.2 Å². The minimum Gasteiger partial charge on any atom is -0.374 e. The number of rotatable bonds is 3. The molecule has 1 aliphatic heterocycles. The number of hydrogen-bond acceptors (Lipinski definition) is 3. The van der Waals surface area contributed by atoms with Gasteiger partial charge in [0.1, 0.15) is 6.67 Å². The molecule has 1 aliphatic rings. The quantitative estimate of drug-likeness (QED) is 0.791. The summed E-state index contributed by atoms with van der Waals surface area (Å²) < 4.78 is 52.5. The normalized spacial score (nSPS) is 17.3. The number of hydrogen-bond donors (Lipinski definition) is 1. The van der Waals surface area contributed by atoms with Crippen molar-refractivity contribution in [2.45, 2.75) is 31.0 Å². The van der Waals surface area contributed by atoms with Gasteiger partial charge in [-0.3, -0.25) is 4.79 Å². The number of amides is 1. The lowest BCUT2D eigenvalue weighted by Crippen LogP contribution is -2.44. The van der Waals surface area contributed by atoms with Gasteiger partial charge in [-0.05, 0) is 47.9 Å². The van der Waals surface area contributed by atoms with Crippen LogP contribution in [0.25, 0.3) is 0 Å². The van der Waals surface area contributed by atoms with Crippen LogP contribution in [0.2, 0.25) is 0 Å². The Morgan fingerprint density at radius 3 is 2.62 bits per heavy atom. The number of anilines is 1. The van der Waals surface area contributed by atoms with Crippen LogP contribution in [-0.2, 0) is 12.0 Å². The third-order valence-electron chi connectivity index (χ3n) is 4.57. The highest BCUT2D eigenvalue weighted by Crippen LogP contribution is 2.41. The molecular formula is C18H17F4NO2S. The van der Waals surface area contributed by atoms with Crippen molar-refractivity contribution in [3.63, 3.8) is 0 Å². The van der Waals surface area contributed by atoms with Gasteiger partial charge in [0.15, 0.2) is 0 Å². The number of thiophene rings is 1. The molecule has 26 heavy (non-hydrogen) atoms. The van der Waals surface area contributed by atoms with Crippen molar-refractivity contribution >= 4 is 22.9 Å². The molecule has 0 spiro atoms. The molecule has 0 aliphatic carbocycles. The predicted octanol–water partition coefficient (Wildman–Crippen LogP) is 4.45. The standard InChI is InChI=1S/C18H17F4NO2S/c19-11-17(25,18(20,21)22)13-6-7-14-12(10-13)4-1-2-8-23(14)16(24)15-5-3-9-26-15/h3,5-7,9-10,25H,1-2,4,8,11H2. The van der Waals surface area contributed by atoms with Gasteiger partial charge < -0.3 is 10.0 Å². The fraction of sp³-hybridized carbons (Fsp3) is 0.389. The van der Waals surface area contributed by atoms with E-state index in [1.807, 2.05) is 0 Å². The number of benzene rings is 1. The van der Waals surface area contributed by atoms with Crippen molar-refractivity contribution in [3.05, 3.63) is 51.7 Å². The summed E-state index contributed by atoms with van der Waals surface area (Å²) in [6.07, 6.45) is -3.29. The van der Waals surface area contributed by atoms with Gasteiger partial charge in [-0.15, -0.1) is 11.3 Å². The Morgan fingerprint density at radius 2 is 2.00 bits per heavy atom. The molecule has 1 atom stereocenters. The van der Waals surface area contributed by atoms with E-state index in [1.54, 1.807) is 22.4 Å². The summed E-state index contributed by atoms with van der Waals surface area (Å²) in [6.45, 7) is -1.51. The molecule has 1 aromatic carbocycles. The molecule has 1 unspecified atom stereocenters. The number of aliphatic hydroxyl groups is 1. The lowest BCUT2D eigenvalue weighted by Gasteiger charge is -2.29. The van der Waals surface area contributed by atoms with Crippen LogP contribution in [0.15, 0.2) is 35.7 Å². The van der Waals surface area contributed by atoms with Gasteiger partial charge in [0, 0.05) is 12.2 Å². The third-order valence-corrected chi connectivity index (χ3v) is 5.42. The van der Waals surface area contributed by atoms with E-state index in [1.165, 1.54) is 23.5 Å². The molecule has 3 nitrogen and oxygen atoms in total. The van der Waals surface area contributed by atoms with E-state index in [0.717, 1.165) is 6.07 Å². The summed E-state index contributed by atoms with van der Waals surface area (Å²) in [7, 11) is 0. The second kappa shape index (κ2) is 7.00. The molecule has 0 saturated carbocycles. The summed E-state index contributed by atoms with van der Waals surface area (Å²) in [5.74, 6) is -0.215. The van der Waals surface area contributed by atoms with Crippen LogP contribution >= 0.6 is 11.3 Å². The smallest absolute Gasteiger partial charge is 0.374 e. The van der Waals surface area contributed by atoms with Crippen LogP contribution in [0, 0.1) is 0 Å². The minimum absolute atomic E-state index is 0.215. The fourth-order valence-corrected chi connectivity index (χ4v) is 3.74. The SMILES string of the molecule is O=C(c1cccs1)N1CCCCc2cc(C(O)(CF)C(F)(F)F)ccc21. The van der Waals surface area contributed by atoms with Gasteiger partial charge in [0.2, 0.25) is 5.60 Å². The highest BCUT2D eigenvalue weighted by Gasteiger charge is 2.55. The third kappa shape index (κ3) is 3.23. The first-order valence-corrected chi connectivity index (χ1v) is 9.00. The molecule has 0 bridgehead atoms. The number of carbonyl (C=O) groups excluding carboxylic acids is 1. The molecular weight excluding hydrogens is 370 g/mol. The molecule has 140 valence electrons. The van der Waals surface area contributed by atoms with Gasteiger partial charge in [0.25, 0.3) is 5.91 Å². The average molecular weight is 387 g/mol. The second-order valence-electron chi connectivity index (χ2n) is 6.23. The van der Waals surface area contributed by atoms with Crippen molar-refractivity contribution in [1.29, 1.82) is 0 Å². The second-order valence-corrected chi connectivity index (χ2v) is 7.17. The molecule has 0 saturated heterocycles. The Kier molecular flexibility index (Phi) is 5.07. The first kappa shape index (κ1) is 18.8. The van der Waals surface area contributed by atoms with Crippen LogP contribution in [0.4, 0.5) is 23.2 Å². The van der Waals surface area contributed by atoms with Crippen LogP contribution in [0.1, 0.15) is 33.6 Å². The number of halogens is 4. The predicted molar refractivity (Wildman–Crippen MR) is 91.3 cm³/mol. The molecule has 8 heteroatoms. The highest BCUT2D eigenvalue weighted by molar-refractivity contribution is 7.12. The van der Waals surface area contributed by atoms with Crippen molar-refractivity contribution in [1.82, 2.24) is 0 Å². The Bertz CT molecular complexity index is 791.